The van der Waals surface area contributed by atoms with E-state index in [1.807, 2.05) is 98.2 Å². The Balaban J connectivity index is 0.000000180. The van der Waals surface area contributed by atoms with Crippen molar-refractivity contribution in [1.29, 1.82) is 0 Å². The lowest BCUT2D eigenvalue weighted by Crippen LogP contribution is -2.40. The highest BCUT2D eigenvalue weighted by atomic mass is 79.9. The van der Waals surface area contributed by atoms with Gasteiger partial charge in [0.15, 0.2) is 5.82 Å². The highest BCUT2D eigenvalue weighted by molar-refractivity contribution is 9.11. The number of likely N-dealkylation sites (tertiary alicyclic amines) is 5. The number of benzene rings is 2. The summed E-state index contributed by atoms with van der Waals surface area (Å²) in [5.74, 6) is 2.85. The van der Waals surface area contributed by atoms with Crippen LogP contribution in [0.4, 0.5) is 17.5 Å². The van der Waals surface area contributed by atoms with E-state index in [4.69, 9.17) is 16.5 Å². The van der Waals surface area contributed by atoms with E-state index in [-0.39, 0.29) is 1.43 Å². The molecular weight excluding hydrogens is 1300 g/mol. The lowest BCUT2D eigenvalue weighted by atomic mass is 9.85. The van der Waals surface area contributed by atoms with Crippen LogP contribution in [0.15, 0.2) is 171 Å². The smallest absolute Gasteiger partial charge is 0.152 e. The van der Waals surface area contributed by atoms with Crippen LogP contribution < -0.4 is 11.5 Å². The number of carbonyl (C=O) groups excluding carboxylic acids is 1. The first-order chi connectivity index (χ1) is 42.2. The number of ketones is 1. The maximum Gasteiger partial charge on any atom is 0.152 e. The molecule has 20 heteroatoms. The quantitative estimate of drug-likeness (QED) is 0.0739. The molecule has 0 amide bonds. The second-order valence-corrected chi connectivity index (χ2v) is 26.2. The molecular formula is C68H90Br3N13O4. The molecule has 0 unspecified atom stereocenters. The molecule has 7 aromatic rings. The summed E-state index contributed by atoms with van der Waals surface area (Å²) >= 11 is 9.77. The lowest BCUT2D eigenvalue weighted by Gasteiger charge is -2.36. The van der Waals surface area contributed by atoms with Gasteiger partial charge in [0.05, 0.1) is 22.5 Å². The number of aliphatic imine (C=N–C) groups is 1. The van der Waals surface area contributed by atoms with Crippen molar-refractivity contribution in [3.8, 4) is 0 Å². The molecule has 5 aliphatic heterocycles. The number of pyridine rings is 5. The Morgan fingerprint density at radius 1 is 0.466 bits per heavy atom. The fourth-order valence-electron chi connectivity index (χ4n) is 10.7. The van der Waals surface area contributed by atoms with Gasteiger partial charge in [0.1, 0.15) is 26.6 Å². The molecule has 0 aliphatic carbocycles. The Bertz CT molecular complexity index is 3040. The summed E-state index contributed by atoms with van der Waals surface area (Å²) in [5.41, 5.74) is 15.9. The van der Waals surface area contributed by atoms with Crippen LogP contribution in [0.1, 0.15) is 105 Å². The second kappa shape index (κ2) is 34.4. The summed E-state index contributed by atoms with van der Waals surface area (Å²) in [4.78, 5) is 47.5. The van der Waals surface area contributed by atoms with Crippen LogP contribution in [-0.4, -0.2) is 177 Å². The van der Waals surface area contributed by atoms with Crippen LogP contribution in [0.2, 0.25) is 0 Å². The van der Waals surface area contributed by atoms with Crippen molar-refractivity contribution >= 4 is 76.7 Å². The van der Waals surface area contributed by atoms with Gasteiger partial charge in [0.25, 0.3) is 0 Å². The Morgan fingerprint density at radius 2 is 0.852 bits per heavy atom. The first-order valence-electron chi connectivity index (χ1n) is 30.3. The van der Waals surface area contributed by atoms with Crippen molar-refractivity contribution in [3.05, 3.63) is 199 Å². The topological polar surface area (TPSA) is 223 Å². The Morgan fingerprint density at radius 3 is 1.22 bits per heavy atom. The summed E-state index contributed by atoms with van der Waals surface area (Å²) in [7, 11) is 10.5. The van der Waals surface area contributed by atoms with Crippen molar-refractivity contribution in [3.63, 3.8) is 0 Å². The van der Waals surface area contributed by atoms with Crippen molar-refractivity contribution in [1.82, 2.24) is 49.4 Å². The number of nitrogen functional groups attached to an aromatic ring is 2. The molecule has 0 atom stereocenters. The maximum absolute atomic E-state index is 11.0. The van der Waals surface area contributed by atoms with E-state index >= 15 is 0 Å². The van der Waals surface area contributed by atoms with Gasteiger partial charge in [-0.1, -0.05) is 84.9 Å². The van der Waals surface area contributed by atoms with Gasteiger partial charge in [-0.25, -0.2) is 29.9 Å². The summed E-state index contributed by atoms with van der Waals surface area (Å²) in [5, 5.41) is 31.9. The van der Waals surface area contributed by atoms with Gasteiger partial charge in [-0.15, -0.1) is 0 Å². The van der Waals surface area contributed by atoms with E-state index in [0.717, 1.165) is 151 Å². The third kappa shape index (κ3) is 22.3. The van der Waals surface area contributed by atoms with E-state index in [1.54, 1.807) is 30.9 Å². The average Bonchev–Trinajstić information content (AvgIpc) is 3.70. The molecule has 12 rings (SSSR count). The molecule has 5 saturated heterocycles. The monoisotopic (exact) mass is 1390 g/mol. The number of anilines is 2. The third-order valence-electron chi connectivity index (χ3n) is 16.9. The minimum absolute atomic E-state index is 0. The van der Waals surface area contributed by atoms with E-state index in [2.05, 4.69) is 156 Å². The number of nitrogens with zero attached hydrogens (tertiary/aromatic N) is 11. The van der Waals surface area contributed by atoms with Crippen molar-refractivity contribution in [2.24, 2.45) is 4.99 Å². The molecule has 5 aliphatic rings. The molecule has 5 aromatic heterocycles. The zero-order valence-electron chi connectivity index (χ0n) is 51.6. The number of aromatic nitrogens is 5. The summed E-state index contributed by atoms with van der Waals surface area (Å²) in [6.45, 7) is 9.79. The lowest BCUT2D eigenvalue weighted by molar-refractivity contribution is -0.121. The number of carbonyl (C=O) groups is 1. The van der Waals surface area contributed by atoms with E-state index < -0.39 is 16.8 Å². The minimum Gasteiger partial charge on any atom is -0.385 e. The molecule has 0 spiro atoms. The van der Waals surface area contributed by atoms with Gasteiger partial charge in [0.2, 0.25) is 0 Å². The highest BCUT2D eigenvalue weighted by Gasteiger charge is 2.35. The van der Waals surface area contributed by atoms with Crippen LogP contribution in [0, 0.1) is 0 Å². The fraction of sp³-hybridized carbons (Fsp3) is 0.426. The summed E-state index contributed by atoms with van der Waals surface area (Å²) in [6, 6.07) is 39.4. The van der Waals surface area contributed by atoms with Gasteiger partial charge in [-0.05, 0) is 195 Å². The average molecular weight is 1390 g/mol. The van der Waals surface area contributed by atoms with Crippen molar-refractivity contribution < 1.29 is 21.5 Å². The van der Waals surface area contributed by atoms with Gasteiger partial charge in [-0.2, -0.15) is 0 Å². The zero-order valence-corrected chi connectivity index (χ0v) is 56.4. The molecule has 17 nitrogen and oxygen atoms in total. The number of nitrogens with two attached hydrogens (primary N) is 2. The molecule has 88 heavy (non-hydrogen) atoms. The van der Waals surface area contributed by atoms with Crippen LogP contribution in [-0.2, 0) is 21.6 Å². The maximum atomic E-state index is 11.0. The summed E-state index contributed by atoms with van der Waals surface area (Å²) < 4.78 is 2.67. The number of Topliss-reactive ketones (excluding diaryl/α,β-unsaturated/α-hetero) is 1. The van der Waals surface area contributed by atoms with Crippen LogP contribution in [0.5, 0.6) is 0 Å². The molecule has 2 aromatic carbocycles. The molecule has 7 N–H and O–H groups in total. The third-order valence-corrected chi connectivity index (χ3v) is 18.3. The van der Waals surface area contributed by atoms with Crippen molar-refractivity contribution in [2.45, 2.75) is 86.9 Å². The van der Waals surface area contributed by atoms with E-state index in [9.17, 15) is 20.1 Å². The Labute approximate surface area is 547 Å². The number of aliphatic hydroxyl groups is 3. The van der Waals surface area contributed by atoms with Gasteiger partial charge in [0, 0.05) is 130 Å². The van der Waals surface area contributed by atoms with Gasteiger partial charge in [-0.3, -0.25) is 4.79 Å². The molecule has 472 valence electrons. The molecule has 5 fully saturated rings. The zero-order chi connectivity index (χ0) is 63.1. The van der Waals surface area contributed by atoms with Gasteiger partial charge >= 0.3 is 0 Å². The standard InChI is InChI=1S/C24H25N3O.C11H15BrN2O.C11H17N3O.C11H17N3.C6H11NO.C5H3Br2N.H2/c1-27-16-14-24(28,15-17-27)21-12-13-22(25-18-21)26-23(19-8-4-2-5-9-19)20-10-6-3-7-11-20;2*1-14-6-4-11(15,5-7-14)9-2-3-10(12)13-8-9;1-14-6-4-9(5-7-14)10-2-3-11(12)13-8-10;1-7-4-2-6(8)3-5-7;6-4-1-2-5(7)8-3-4;/h2-13,18,28H,14-17H2,1H3;2-3,8,15H,4-7H2,1H3;2-3,8,15H,4-7H2,1H3,(H2,12,13);2-3,8-9H,4-7H2,1H3,(H2,12,13);2-5H2,1H3;1-3H;1H. The molecule has 10 heterocycles. The van der Waals surface area contributed by atoms with Gasteiger partial charge < -0.3 is 51.3 Å². The SMILES string of the molecule is Brc1ccc(Br)nc1.CN1CCC(=O)CC1.CN1CCC(O)(c2ccc(Br)nc2)CC1.CN1CCC(O)(c2ccc(N)nc2)CC1.CN1CCC(O)(c2ccc(N=C(c3ccccc3)c3ccccc3)nc2)CC1.CN1CCC(c2ccc(N)nc2)CC1.[HH]. The fourth-order valence-corrected chi connectivity index (χ4v) is 11.4. The van der Waals surface area contributed by atoms with Crippen LogP contribution in [0.25, 0.3) is 0 Å². The first kappa shape index (κ1) is 69.7. The number of rotatable bonds is 7. The number of hydrogen-bond acceptors (Lipinski definition) is 17. The number of piperidine rings is 5. The van der Waals surface area contributed by atoms with Crippen molar-refractivity contribution in [2.75, 3.05) is 112 Å². The Kier molecular flexibility index (Phi) is 27.3. The number of halogens is 3. The highest BCUT2D eigenvalue weighted by Crippen LogP contribution is 2.35. The van der Waals surface area contributed by atoms with Crippen LogP contribution in [0.3, 0.4) is 0 Å². The second-order valence-electron chi connectivity index (χ2n) is 23.7. The molecule has 0 saturated carbocycles. The largest absolute Gasteiger partial charge is 0.385 e. The number of hydrogen-bond donors (Lipinski definition) is 5. The predicted molar refractivity (Wildman–Crippen MR) is 367 cm³/mol. The summed E-state index contributed by atoms with van der Waals surface area (Å²) in [6.07, 6.45) is 17.4. The molecule has 0 bridgehead atoms. The van der Waals surface area contributed by atoms with Crippen LogP contribution >= 0.6 is 47.8 Å². The van der Waals surface area contributed by atoms with E-state index in [0.29, 0.717) is 29.2 Å². The predicted octanol–water partition coefficient (Wildman–Crippen LogP) is 11.1. The molecule has 0 radical (unpaired) electrons. The van der Waals surface area contributed by atoms with E-state index in [1.165, 1.54) is 31.5 Å². The Hall–Kier alpha value is -5.75. The normalized spacial score (nSPS) is 18.7. The minimum atomic E-state index is -0.788. The first-order valence-corrected chi connectivity index (χ1v) is 32.7.